The van der Waals surface area contributed by atoms with Crippen LogP contribution in [-0.4, -0.2) is 0 Å². The first kappa shape index (κ1) is 9.83. The van der Waals surface area contributed by atoms with Gasteiger partial charge in [0.15, 0.2) is 0 Å². The van der Waals surface area contributed by atoms with E-state index in [1.807, 2.05) is 0 Å². The molecule has 2 atom stereocenters. The molecule has 0 bridgehead atoms. The Kier molecular flexibility index (Phi) is 3.37. The third kappa shape index (κ3) is 2.66. The molecule has 2 unspecified atom stereocenters. The smallest absolute Gasteiger partial charge is 0.0174 e. The second-order valence-corrected chi connectivity index (χ2v) is 4.64. The molecule has 0 heterocycles. The number of hydrogen-bond donors (Lipinski definition) is 0. The molecule has 0 aromatic rings. The molecule has 1 aliphatic rings. The van der Waals surface area contributed by atoms with Gasteiger partial charge in [0.2, 0.25) is 0 Å². The van der Waals surface area contributed by atoms with Crippen LogP contribution in [0, 0.1) is 17.8 Å². The van der Waals surface area contributed by atoms with E-state index in [1.165, 1.54) is 31.3 Å². The maximum atomic E-state index is 4.16. The van der Waals surface area contributed by atoms with Crippen LogP contribution in [-0.2, 0) is 0 Å². The quantitative estimate of drug-likeness (QED) is 0.541. The van der Waals surface area contributed by atoms with Crippen LogP contribution < -0.4 is 0 Å². The zero-order valence-electron chi connectivity index (χ0n) is 8.77. The molecular formula is C12H22. The normalized spacial score (nSPS) is 27.7. The Labute approximate surface area is 77.1 Å². The van der Waals surface area contributed by atoms with E-state index < -0.39 is 0 Å². The fourth-order valence-electron chi connectivity index (χ4n) is 2.12. The first-order valence-electron chi connectivity index (χ1n) is 5.32. The van der Waals surface area contributed by atoms with Gasteiger partial charge in [-0.2, -0.15) is 0 Å². The topological polar surface area (TPSA) is 0 Å². The van der Waals surface area contributed by atoms with Crippen molar-refractivity contribution in [3.63, 3.8) is 0 Å². The summed E-state index contributed by atoms with van der Waals surface area (Å²) in [4.78, 5) is 0. The van der Waals surface area contributed by atoms with Gasteiger partial charge in [-0.25, -0.2) is 0 Å². The Morgan fingerprint density at radius 1 is 1.50 bits per heavy atom. The molecule has 0 amide bonds. The highest BCUT2D eigenvalue weighted by molar-refractivity contribution is 5.11. The van der Waals surface area contributed by atoms with Gasteiger partial charge < -0.3 is 0 Å². The average Bonchev–Trinajstić information content (AvgIpc) is 2.67. The third-order valence-electron chi connectivity index (χ3n) is 2.79. The molecule has 1 fully saturated rings. The van der Waals surface area contributed by atoms with Gasteiger partial charge in [0, 0.05) is 0 Å². The molecule has 70 valence electrons. The van der Waals surface area contributed by atoms with Crippen molar-refractivity contribution in [3.05, 3.63) is 12.2 Å². The summed E-state index contributed by atoms with van der Waals surface area (Å²) in [5, 5.41) is 0. The SMILES string of the molecule is C=C(CCC)C1CC1CC(C)C. The van der Waals surface area contributed by atoms with Crippen molar-refractivity contribution >= 4 is 0 Å². The third-order valence-corrected chi connectivity index (χ3v) is 2.79. The van der Waals surface area contributed by atoms with Crippen LogP contribution in [0.5, 0.6) is 0 Å². The summed E-state index contributed by atoms with van der Waals surface area (Å²) >= 11 is 0. The molecule has 0 aromatic heterocycles. The van der Waals surface area contributed by atoms with Gasteiger partial charge in [-0.3, -0.25) is 0 Å². The van der Waals surface area contributed by atoms with Gasteiger partial charge in [0.1, 0.15) is 0 Å². The highest BCUT2D eigenvalue weighted by Gasteiger charge is 2.38. The summed E-state index contributed by atoms with van der Waals surface area (Å²) in [5.74, 6) is 2.76. The van der Waals surface area contributed by atoms with E-state index >= 15 is 0 Å². The molecular weight excluding hydrogens is 144 g/mol. The van der Waals surface area contributed by atoms with E-state index in [-0.39, 0.29) is 0 Å². The minimum Gasteiger partial charge on any atom is -0.0996 e. The monoisotopic (exact) mass is 166 g/mol. The zero-order chi connectivity index (χ0) is 9.14. The predicted molar refractivity (Wildman–Crippen MR) is 55.1 cm³/mol. The maximum absolute atomic E-state index is 4.16. The van der Waals surface area contributed by atoms with Gasteiger partial charge in [0.05, 0.1) is 0 Å². The van der Waals surface area contributed by atoms with Crippen molar-refractivity contribution in [1.82, 2.24) is 0 Å². The summed E-state index contributed by atoms with van der Waals surface area (Å²) in [5.41, 5.74) is 1.52. The molecule has 0 aliphatic heterocycles. The lowest BCUT2D eigenvalue weighted by Crippen LogP contribution is -1.92. The number of hydrogen-bond acceptors (Lipinski definition) is 0. The molecule has 12 heavy (non-hydrogen) atoms. The molecule has 0 aromatic carbocycles. The van der Waals surface area contributed by atoms with Crippen LogP contribution in [0.3, 0.4) is 0 Å². The maximum Gasteiger partial charge on any atom is -0.0174 e. The summed E-state index contributed by atoms with van der Waals surface area (Å²) in [6.07, 6.45) is 5.35. The van der Waals surface area contributed by atoms with Gasteiger partial charge in [-0.15, -0.1) is 0 Å². The van der Waals surface area contributed by atoms with Gasteiger partial charge in [0.25, 0.3) is 0 Å². The number of allylic oxidation sites excluding steroid dienone is 1. The lowest BCUT2D eigenvalue weighted by Gasteiger charge is -2.05. The van der Waals surface area contributed by atoms with Crippen molar-refractivity contribution in [3.8, 4) is 0 Å². The van der Waals surface area contributed by atoms with E-state index in [1.54, 1.807) is 0 Å². The van der Waals surface area contributed by atoms with E-state index in [0.717, 1.165) is 17.8 Å². The van der Waals surface area contributed by atoms with Crippen molar-refractivity contribution in [2.24, 2.45) is 17.8 Å². The Balaban J connectivity index is 2.18. The van der Waals surface area contributed by atoms with E-state index in [0.29, 0.717) is 0 Å². The fourth-order valence-corrected chi connectivity index (χ4v) is 2.12. The van der Waals surface area contributed by atoms with Crippen molar-refractivity contribution < 1.29 is 0 Å². The molecule has 0 N–H and O–H groups in total. The Morgan fingerprint density at radius 3 is 2.67 bits per heavy atom. The van der Waals surface area contributed by atoms with E-state index in [4.69, 9.17) is 0 Å². The molecule has 0 radical (unpaired) electrons. The molecule has 0 spiro atoms. The molecule has 0 saturated heterocycles. The van der Waals surface area contributed by atoms with E-state index in [2.05, 4.69) is 27.4 Å². The highest BCUT2D eigenvalue weighted by atomic mass is 14.4. The van der Waals surface area contributed by atoms with Gasteiger partial charge >= 0.3 is 0 Å². The highest BCUT2D eigenvalue weighted by Crippen LogP contribution is 2.48. The minimum absolute atomic E-state index is 0.870. The first-order valence-corrected chi connectivity index (χ1v) is 5.32. The van der Waals surface area contributed by atoms with Crippen LogP contribution >= 0.6 is 0 Å². The van der Waals surface area contributed by atoms with Crippen molar-refractivity contribution in [1.29, 1.82) is 0 Å². The lowest BCUT2D eigenvalue weighted by atomic mass is 10.0. The zero-order valence-corrected chi connectivity index (χ0v) is 8.77. The van der Waals surface area contributed by atoms with Crippen LogP contribution in [0.15, 0.2) is 12.2 Å². The number of rotatable bonds is 5. The van der Waals surface area contributed by atoms with Gasteiger partial charge in [-0.1, -0.05) is 39.3 Å². The average molecular weight is 166 g/mol. The van der Waals surface area contributed by atoms with Crippen LogP contribution in [0.1, 0.15) is 46.5 Å². The molecule has 1 aliphatic carbocycles. The Morgan fingerprint density at radius 2 is 2.17 bits per heavy atom. The molecule has 0 nitrogen and oxygen atoms in total. The lowest BCUT2D eigenvalue weighted by molar-refractivity contribution is 0.522. The summed E-state index contributed by atoms with van der Waals surface area (Å²) in [6, 6.07) is 0. The summed E-state index contributed by atoms with van der Waals surface area (Å²) in [7, 11) is 0. The van der Waals surface area contributed by atoms with Crippen LogP contribution in [0.4, 0.5) is 0 Å². The Bertz CT molecular complexity index is 155. The molecule has 1 saturated carbocycles. The summed E-state index contributed by atoms with van der Waals surface area (Å²) < 4.78 is 0. The molecule has 1 rings (SSSR count). The fraction of sp³-hybridized carbons (Fsp3) is 0.833. The van der Waals surface area contributed by atoms with Crippen LogP contribution in [0.25, 0.3) is 0 Å². The second-order valence-electron chi connectivity index (χ2n) is 4.64. The second kappa shape index (κ2) is 4.11. The minimum atomic E-state index is 0.870. The first-order chi connectivity index (χ1) is 5.65. The van der Waals surface area contributed by atoms with Crippen molar-refractivity contribution in [2.45, 2.75) is 46.5 Å². The summed E-state index contributed by atoms with van der Waals surface area (Å²) in [6.45, 7) is 11.0. The van der Waals surface area contributed by atoms with Crippen molar-refractivity contribution in [2.75, 3.05) is 0 Å². The predicted octanol–water partition coefficient (Wildman–Crippen LogP) is 4.02. The van der Waals surface area contributed by atoms with E-state index in [9.17, 15) is 0 Å². The standard InChI is InChI=1S/C12H22/c1-5-6-10(4)12-8-11(12)7-9(2)3/h9,11-12H,4-8H2,1-3H3. The largest absolute Gasteiger partial charge is 0.0996 e. The van der Waals surface area contributed by atoms with Gasteiger partial charge in [-0.05, 0) is 37.0 Å². The molecule has 0 heteroatoms. The Hall–Kier alpha value is -0.260. The van der Waals surface area contributed by atoms with Crippen LogP contribution in [0.2, 0.25) is 0 Å².